The minimum atomic E-state index is -0.169. The minimum absolute atomic E-state index is 0.106. The maximum atomic E-state index is 5.98. The van der Waals surface area contributed by atoms with Crippen LogP contribution in [-0.2, 0) is 5.41 Å². The quantitative estimate of drug-likeness (QED) is 0.821. The van der Waals surface area contributed by atoms with E-state index in [9.17, 15) is 0 Å². The predicted octanol–water partition coefficient (Wildman–Crippen LogP) is 1.95. The van der Waals surface area contributed by atoms with Crippen LogP contribution >= 0.6 is 0 Å². The minimum Gasteiger partial charge on any atom is -0.496 e. The van der Waals surface area contributed by atoms with Crippen molar-refractivity contribution < 1.29 is 4.74 Å². The summed E-state index contributed by atoms with van der Waals surface area (Å²) in [4.78, 5) is 0. The van der Waals surface area contributed by atoms with Crippen molar-refractivity contribution in [1.29, 1.82) is 0 Å². The molecule has 4 N–H and O–H groups in total. The van der Waals surface area contributed by atoms with E-state index in [1.807, 2.05) is 6.07 Å². The normalized spacial score (nSPS) is 13.6. The summed E-state index contributed by atoms with van der Waals surface area (Å²) in [5.74, 6) is 0.811. The molecule has 0 aliphatic rings. The fourth-order valence-electron chi connectivity index (χ4n) is 1.62. The summed E-state index contributed by atoms with van der Waals surface area (Å²) < 4.78 is 5.30. The van der Waals surface area contributed by atoms with Gasteiger partial charge in [0, 0.05) is 18.2 Å². The molecule has 0 radical (unpaired) electrons. The summed E-state index contributed by atoms with van der Waals surface area (Å²) in [5.41, 5.74) is 13.9. The average molecular weight is 222 g/mol. The van der Waals surface area contributed by atoms with E-state index in [0.29, 0.717) is 6.54 Å². The number of benzene rings is 1. The Labute approximate surface area is 97.8 Å². The molecule has 1 unspecified atom stereocenters. The number of methoxy groups -OCH3 is 1. The van der Waals surface area contributed by atoms with Crippen molar-refractivity contribution in [1.82, 2.24) is 0 Å². The molecule has 1 rings (SSSR count). The fourth-order valence-corrected chi connectivity index (χ4v) is 1.62. The standard InChI is InChI=1S/C13H22N2O/c1-13(2,3)9-5-6-12(16-4)10(7-9)11(15)8-14/h5-7,11H,8,14-15H2,1-4H3. The Kier molecular flexibility index (Phi) is 3.94. The van der Waals surface area contributed by atoms with Crippen LogP contribution in [0.5, 0.6) is 5.75 Å². The first-order valence-corrected chi connectivity index (χ1v) is 5.54. The lowest BCUT2D eigenvalue weighted by molar-refractivity contribution is 0.405. The van der Waals surface area contributed by atoms with Crippen LogP contribution in [-0.4, -0.2) is 13.7 Å². The van der Waals surface area contributed by atoms with E-state index >= 15 is 0 Å². The van der Waals surface area contributed by atoms with Gasteiger partial charge in [-0.15, -0.1) is 0 Å². The Morgan fingerprint density at radius 3 is 2.38 bits per heavy atom. The highest BCUT2D eigenvalue weighted by Gasteiger charge is 2.18. The van der Waals surface area contributed by atoms with E-state index < -0.39 is 0 Å². The Hall–Kier alpha value is -1.06. The van der Waals surface area contributed by atoms with Crippen LogP contribution in [0.25, 0.3) is 0 Å². The molecule has 3 nitrogen and oxygen atoms in total. The molecular weight excluding hydrogens is 200 g/mol. The highest BCUT2D eigenvalue weighted by molar-refractivity contribution is 5.41. The Bertz CT molecular complexity index is 355. The van der Waals surface area contributed by atoms with Gasteiger partial charge in [0.05, 0.1) is 7.11 Å². The number of ether oxygens (including phenoxy) is 1. The lowest BCUT2D eigenvalue weighted by Gasteiger charge is -2.22. The first-order valence-electron chi connectivity index (χ1n) is 5.54. The van der Waals surface area contributed by atoms with Crippen LogP contribution in [0.3, 0.4) is 0 Å². The van der Waals surface area contributed by atoms with Gasteiger partial charge in [-0.25, -0.2) is 0 Å². The van der Waals surface area contributed by atoms with Crippen molar-refractivity contribution >= 4 is 0 Å². The predicted molar refractivity (Wildman–Crippen MR) is 67.7 cm³/mol. The fraction of sp³-hybridized carbons (Fsp3) is 0.538. The van der Waals surface area contributed by atoms with E-state index in [4.69, 9.17) is 16.2 Å². The van der Waals surface area contributed by atoms with Crippen LogP contribution in [0.15, 0.2) is 18.2 Å². The van der Waals surface area contributed by atoms with Gasteiger partial charge in [-0.2, -0.15) is 0 Å². The second kappa shape index (κ2) is 4.85. The SMILES string of the molecule is COc1ccc(C(C)(C)C)cc1C(N)CN. The summed E-state index contributed by atoms with van der Waals surface area (Å²) >= 11 is 0. The number of hydrogen-bond acceptors (Lipinski definition) is 3. The highest BCUT2D eigenvalue weighted by Crippen LogP contribution is 2.30. The van der Waals surface area contributed by atoms with E-state index in [0.717, 1.165) is 11.3 Å². The third kappa shape index (κ3) is 2.74. The molecule has 0 spiro atoms. The first-order chi connectivity index (χ1) is 7.40. The molecule has 0 aliphatic heterocycles. The van der Waals surface area contributed by atoms with Gasteiger partial charge >= 0.3 is 0 Å². The van der Waals surface area contributed by atoms with Gasteiger partial charge in [-0.05, 0) is 23.1 Å². The Morgan fingerprint density at radius 1 is 1.31 bits per heavy atom. The summed E-state index contributed by atoms with van der Waals surface area (Å²) in [5, 5.41) is 0. The Morgan fingerprint density at radius 2 is 1.94 bits per heavy atom. The number of hydrogen-bond donors (Lipinski definition) is 2. The van der Waals surface area contributed by atoms with Crippen molar-refractivity contribution in [2.45, 2.75) is 32.2 Å². The lowest BCUT2D eigenvalue weighted by Crippen LogP contribution is -2.22. The molecule has 0 aromatic heterocycles. The van der Waals surface area contributed by atoms with Gasteiger partial charge in [-0.1, -0.05) is 26.8 Å². The van der Waals surface area contributed by atoms with Crippen molar-refractivity contribution in [2.75, 3.05) is 13.7 Å². The molecule has 3 heteroatoms. The smallest absolute Gasteiger partial charge is 0.123 e. The van der Waals surface area contributed by atoms with Gasteiger partial charge in [-0.3, -0.25) is 0 Å². The molecule has 0 saturated heterocycles. The van der Waals surface area contributed by atoms with E-state index in [2.05, 4.69) is 32.9 Å². The molecule has 16 heavy (non-hydrogen) atoms. The monoisotopic (exact) mass is 222 g/mol. The maximum Gasteiger partial charge on any atom is 0.123 e. The van der Waals surface area contributed by atoms with Crippen LogP contribution in [0, 0.1) is 0 Å². The highest BCUT2D eigenvalue weighted by atomic mass is 16.5. The van der Waals surface area contributed by atoms with E-state index in [1.165, 1.54) is 5.56 Å². The van der Waals surface area contributed by atoms with Gasteiger partial charge in [0.2, 0.25) is 0 Å². The third-order valence-electron chi connectivity index (χ3n) is 2.75. The van der Waals surface area contributed by atoms with Crippen LogP contribution in [0.1, 0.15) is 37.9 Å². The molecule has 0 fully saturated rings. The van der Waals surface area contributed by atoms with Crippen molar-refractivity contribution in [3.05, 3.63) is 29.3 Å². The maximum absolute atomic E-state index is 5.98. The molecule has 0 bridgehead atoms. The molecule has 1 aromatic carbocycles. The molecule has 0 saturated carbocycles. The second-order valence-corrected chi connectivity index (χ2v) is 5.05. The zero-order valence-electron chi connectivity index (χ0n) is 10.6. The largest absolute Gasteiger partial charge is 0.496 e. The zero-order chi connectivity index (χ0) is 12.3. The van der Waals surface area contributed by atoms with Crippen LogP contribution < -0.4 is 16.2 Å². The number of nitrogens with two attached hydrogens (primary N) is 2. The van der Waals surface area contributed by atoms with Crippen LogP contribution in [0.2, 0.25) is 0 Å². The molecule has 0 amide bonds. The number of rotatable bonds is 3. The molecule has 0 heterocycles. The van der Waals surface area contributed by atoms with Gasteiger partial charge in [0.1, 0.15) is 5.75 Å². The van der Waals surface area contributed by atoms with Crippen molar-refractivity contribution in [3.63, 3.8) is 0 Å². The van der Waals surface area contributed by atoms with E-state index in [-0.39, 0.29) is 11.5 Å². The summed E-state index contributed by atoms with van der Waals surface area (Å²) in [7, 11) is 1.65. The molecular formula is C13H22N2O. The first kappa shape index (κ1) is 13.0. The lowest BCUT2D eigenvalue weighted by atomic mass is 9.85. The van der Waals surface area contributed by atoms with Crippen molar-refractivity contribution in [3.8, 4) is 5.75 Å². The van der Waals surface area contributed by atoms with E-state index in [1.54, 1.807) is 7.11 Å². The summed E-state index contributed by atoms with van der Waals surface area (Å²) in [6.45, 7) is 6.94. The zero-order valence-corrected chi connectivity index (χ0v) is 10.6. The van der Waals surface area contributed by atoms with Gasteiger partial charge in [0.25, 0.3) is 0 Å². The molecule has 1 aromatic rings. The molecule has 0 aliphatic carbocycles. The summed E-state index contributed by atoms with van der Waals surface area (Å²) in [6.07, 6.45) is 0. The van der Waals surface area contributed by atoms with Gasteiger partial charge < -0.3 is 16.2 Å². The second-order valence-electron chi connectivity index (χ2n) is 5.05. The molecule has 1 atom stereocenters. The summed E-state index contributed by atoms with van der Waals surface area (Å²) in [6, 6.07) is 5.96. The topological polar surface area (TPSA) is 61.3 Å². The third-order valence-corrected chi connectivity index (χ3v) is 2.75. The van der Waals surface area contributed by atoms with Crippen LogP contribution in [0.4, 0.5) is 0 Å². The van der Waals surface area contributed by atoms with Crippen molar-refractivity contribution in [2.24, 2.45) is 11.5 Å². The average Bonchev–Trinajstić information content (AvgIpc) is 2.25. The van der Waals surface area contributed by atoms with Gasteiger partial charge in [0.15, 0.2) is 0 Å². The molecule has 90 valence electrons. The Balaban J connectivity index is 3.21.